The van der Waals surface area contributed by atoms with Gasteiger partial charge in [0.1, 0.15) is 4.90 Å². The lowest BCUT2D eigenvalue weighted by atomic mass is 10.0. The summed E-state index contributed by atoms with van der Waals surface area (Å²) in [5.41, 5.74) is 1.51. The molecule has 5 nitrogen and oxygen atoms in total. The maximum atomic E-state index is 12.4. The Kier molecular flexibility index (Phi) is 4.57. The predicted octanol–water partition coefficient (Wildman–Crippen LogP) is 2.54. The van der Waals surface area contributed by atoms with Gasteiger partial charge in [0.15, 0.2) is 0 Å². The van der Waals surface area contributed by atoms with Gasteiger partial charge in [-0.3, -0.25) is 5.10 Å². The molecule has 0 bridgehead atoms. The summed E-state index contributed by atoms with van der Waals surface area (Å²) in [5.74, 6) is 0. The van der Waals surface area contributed by atoms with Gasteiger partial charge in [0.2, 0.25) is 10.0 Å². The van der Waals surface area contributed by atoms with Crippen molar-refractivity contribution in [2.24, 2.45) is 0 Å². The molecule has 0 fully saturated rings. The van der Waals surface area contributed by atoms with Crippen LogP contribution in [0.1, 0.15) is 37.1 Å². The molecule has 108 valence electrons. The lowest BCUT2D eigenvalue weighted by Gasteiger charge is -2.18. The van der Waals surface area contributed by atoms with E-state index in [2.05, 4.69) is 14.9 Å². The monoisotopic (exact) mass is 293 g/mol. The van der Waals surface area contributed by atoms with Crippen LogP contribution in [0.3, 0.4) is 0 Å². The highest BCUT2D eigenvalue weighted by molar-refractivity contribution is 7.89. The van der Waals surface area contributed by atoms with E-state index in [4.69, 9.17) is 0 Å². The van der Waals surface area contributed by atoms with Crippen molar-refractivity contribution in [1.29, 1.82) is 0 Å². The van der Waals surface area contributed by atoms with E-state index in [0.29, 0.717) is 5.69 Å². The van der Waals surface area contributed by atoms with Crippen LogP contribution in [0.5, 0.6) is 0 Å². The van der Waals surface area contributed by atoms with Gasteiger partial charge in [0, 0.05) is 6.04 Å². The highest BCUT2D eigenvalue weighted by Gasteiger charge is 2.23. The van der Waals surface area contributed by atoms with Gasteiger partial charge < -0.3 is 0 Å². The van der Waals surface area contributed by atoms with Crippen molar-refractivity contribution in [2.75, 3.05) is 0 Å². The first-order valence-corrected chi connectivity index (χ1v) is 8.10. The minimum absolute atomic E-state index is 0.203. The van der Waals surface area contributed by atoms with Crippen molar-refractivity contribution in [3.8, 4) is 0 Å². The van der Waals surface area contributed by atoms with E-state index >= 15 is 0 Å². The zero-order valence-electron chi connectivity index (χ0n) is 11.6. The number of hydrogen-bond donors (Lipinski definition) is 2. The van der Waals surface area contributed by atoms with Crippen molar-refractivity contribution in [1.82, 2.24) is 14.9 Å². The smallest absolute Gasteiger partial charge is 0.244 e. The first kappa shape index (κ1) is 14.7. The number of aromatic nitrogens is 2. The molecule has 2 N–H and O–H groups in total. The summed E-state index contributed by atoms with van der Waals surface area (Å²) < 4.78 is 27.6. The van der Waals surface area contributed by atoms with Crippen LogP contribution in [0, 0.1) is 6.92 Å². The Labute approximate surface area is 119 Å². The molecule has 0 aliphatic rings. The number of benzene rings is 1. The van der Waals surface area contributed by atoms with Gasteiger partial charge in [0.05, 0.1) is 11.9 Å². The zero-order valence-corrected chi connectivity index (χ0v) is 12.4. The van der Waals surface area contributed by atoms with Gasteiger partial charge in [-0.05, 0) is 18.9 Å². The second kappa shape index (κ2) is 6.19. The van der Waals surface area contributed by atoms with Crippen LogP contribution >= 0.6 is 0 Å². The van der Waals surface area contributed by atoms with Crippen LogP contribution in [0.2, 0.25) is 0 Å². The van der Waals surface area contributed by atoms with Crippen molar-refractivity contribution in [3.63, 3.8) is 0 Å². The fourth-order valence-corrected chi connectivity index (χ4v) is 3.52. The first-order chi connectivity index (χ1) is 9.54. The third kappa shape index (κ3) is 3.26. The summed E-state index contributed by atoms with van der Waals surface area (Å²) in [6.07, 6.45) is 2.98. The summed E-state index contributed by atoms with van der Waals surface area (Å²) in [5, 5.41) is 6.42. The molecule has 1 atom stereocenters. The quantitative estimate of drug-likeness (QED) is 0.859. The maximum Gasteiger partial charge on any atom is 0.244 e. The Hall–Kier alpha value is -1.66. The van der Waals surface area contributed by atoms with Gasteiger partial charge in [-0.2, -0.15) is 5.10 Å². The SMILES string of the molecule is CCCC(NS(=O)(=O)c1cn[nH]c1C)c1ccccc1. The highest BCUT2D eigenvalue weighted by atomic mass is 32.2. The Morgan fingerprint density at radius 1 is 1.30 bits per heavy atom. The van der Waals surface area contributed by atoms with E-state index in [-0.39, 0.29) is 10.9 Å². The van der Waals surface area contributed by atoms with Crippen molar-refractivity contribution in [3.05, 3.63) is 47.8 Å². The summed E-state index contributed by atoms with van der Waals surface area (Å²) in [6, 6.07) is 9.39. The van der Waals surface area contributed by atoms with Gasteiger partial charge in [0.25, 0.3) is 0 Å². The largest absolute Gasteiger partial charge is 0.281 e. The number of aromatic amines is 1. The Morgan fingerprint density at radius 3 is 2.55 bits per heavy atom. The fourth-order valence-electron chi connectivity index (χ4n) is 2.13. The topological polar surface area (TPSA) is 74.8 Å². The van der Waals surface area contributed by atoms with E-state index in [9.17, 15) is 8.42 Å². The van der Waals surface area contributed by atoms with E-state index in [0.717, 1.165) is 18.4 Å². The number of aryl methyl sites for hydroxylation is 1. The van der Waals surface area contributed by atoms with Crippen molar-refractivity contribution in [2.45, 2.75) is 37.6 Å². The maximum absolute atomic E-state index is 12.4. The molecule has 0 radical (unpaired) electrons. The molecular formula is C14H19N3O2S. The number of nitrogens with one attached hydrogen (secondary N) is 2. The molecule has 0 aliphatic carbocycles. The molecule has 1 heterocycles. The Bertz CT molecular complexity index is 650. The molecule has 1 unspecified atom stereocenters. The van der Waals surface area contributed by atoms with E-state index in [1.54, 1.807) is 6.92 Å². The molecule has 0 spiro atoms. The lowest BCUT2D eigenvalue weighted by Crippen LogP contribution is -2.28. The molecule has 6 heteroatoms. The van der Waals surface area contributed by atoms with E-state index in [1.165, 1.54) is 6.20 Å². The lowest BCUT2D eigenvalue weighted by molar-refractivity contribution is 0.535. The van der Waals surface area contributed by atoms with Crippen LogP contribution in [0.15, 0.2) is 41.4 Å². The summed E-state index contributed by atoms with van der Waals surface area (Å²) in [7, 11) is -3.56. The van der Waals surface area contributed by atoms with Crippen molar-refractivity contribution >= 4 is 10.0 Å². The standard InChI is InChI=1S/C14H19N3O2S/c1-3-7-13(12-8-5-4-6-9-12)17-20(18,19)14-10-15-16-11(14)2/h4-6,8-10,13,17H,3,7H2,1-2H3,(H,15,16). The minimum atomic E-state index is -3.56. The van der Waals surface area contributed by atoms with Crippen LogP contribution < -0.4 is 4.72 Å². The second-order valence-corrected chi connectivity index (χ2v) is 6.41. The van der Waals surface area contributed by atoms with Crippen LogP contribution in [0.25, 0.3) is 0 Å². The number of H-pyrrole nitrogens is 1. The minimum Gasteiger partial charge on any atom is -0.281 e. The molecule has 0 aliphatic heterocycles. The highest BCUT2D eigenvalue weighted by Crippen LogP contribution is 2.22. The third-order valence-electron chi connectivity index (χ3n) is 3.15. The van der Waals surface area contributed by atoms with E-state index < -0.39 is 10.0 Å². The number of sulfonamides is 1. The fraction of sp³-hybridized carbons (Fsp3) is 0.357. The Balaban J connectivity index is 2.27. The molecule has 1 aromatic carbocycles. The van der Waals surface area contributed by atoms with Crippen LogP contribution in [-0.2, 0) is 10.0 Å². The van der Waals surface area contributed by atoms with Gasteiger partial charge in [-0.1, -0.05) is 43.7 Å². The van der Waals surface area contributed by atoms with Gasteiger partial charge in [-0.15, -0.1) is 0 Å². The third-order valence-corrected chi connectivity index (χ3v) is 4.74. The summed E-state index contributed by atoms with van der Waals surface area (Å²) >= 11 is 0. The molecule has 2 rings (SSSR count). The Morgan fingerprint density at radius 2 is 2.00 bits per heavy atom. The number of nitrogens with zero attached hydrogens (tertiary/aromatic N) is 1. The van der Waals surface area contributed by atoms with E-state index in [1.807, 2.05) is 37.3 Å². The second-order valence-electron chi connectivity index (χ2n) is 4.73. The van der Waals surface area contributed by atoms with Crippen LogP contribution in [-0.4, -0.2) is 18.6 Å². The molecule has 1 aromatic heterocycles. The molecular weight excluding hydrogens is 274 g/mol. The number of hydrogen-bond acceptors (Lipinski definition) is 3. The van der Waals surface area contributed by atoms with Gasteiger partial charge in [-0.25, -0.2) is 13.1 Å². The zero-order chi connectivity index (χ0) is 14.6. The molecule has 20 heavy (non-hydrogen) atoms. The molecule has 0 amide bonds. The molecule has 0 saturated heterocycles. The van der Waals surface area contributed by atoms with Gasteiger partial charge >= 0.3 is 0 Å². The molecule has 0 saturated carbocycles. The average molecular weight is 293 g/mol. The summed E-state index contributed by atoms with van der Waals surface area (Å²) in [6.45, 7) is 3.73. The predicted molar refractivity (Wildman–Crippen MR) is 77.7 cm³/mol. The summed E-state index contributed by atoms with van der Waals surface area (Å²) in [4.78, 5) is 0.203. The van der Waals surface area contributed by atoms with Crippen LogP contribution in [0.4, 0.5) is 0 Å². The first-order valence-electron chi connectivity index (χ1n) is 6.62. The normalized spacial score (nSPS) is 13.3. The average Bonchev–Trinajstić information content (AvgIpc) is 2.86. The van der Waals surface area contributed by atoms with Crippen molar-refractivity contribution < 1.29 is 8.42 Å². The molecule has 2 aromatic rings. The number of rotatable bonds is 6.